The molecule has 1 aliphatic carbocycles. The third kappa shape index (κ3) is 4.33. The molecule has 1 atom stereocenters. The fraction of sp³-hybridized carbons (Fsp3) is 0.529. The average Bonchev–Trinajstić information content (AvgIpc) is 3.01. The zero-order chi connectivity index (χ0) is 17.8. The van der Waals surface area contributed by atoms with Crippen molar-refractivity contribution in [3.63, 3.8) is 0 Å². The minimum absolute atomic E-state index is 0.0472. The summed E-state index contributed by atoms with van der Waals surface area (Å²) in [6.45, 7) is 1.62. The van der Waals surface area contributed by atoms with E-state index in [2.05, 4.69) is 16.0 Å². The topological polar surface area (TPSA) is 113 Å². The quantitative estimate of drug-likeness (QED) is 0.748. The van der Waals surface area contributed by atoms with Gasteiger partial charge in [-0.05, 0) is 19.3 Å². The number of carbonyl (C=O) groups is 2. The second-order valence-electron chi connectivity index (χ2n) is 6.50. The van der Waals surface area contributed by atoms with Crippen LogP contribution in [0.5, 0.6) is 0 Å². The van der Waals surface area contributed by atoms with Crippen molar-refractivity contribution in [1.82, 2.24) is 14.9 Å². The lowest BCUT2D eigenvalue weighted by Gasteiger charge is -2.22. The van der Waals surface area contributed by atoms with Crippen LogP contribution < -0.4 is 10.6 Å². The van der Waals surface area contributed by atoms with Crippen molar-refractivity contribution in [3.8, 4) is 0 Å². The Hall–Kier alpha value is -2.48. The summed E-state index contributed by atoms with van der Waals surface area (Å²) < 4.78 is 0. The van der Waals surface area contributed by atoms with Gasteiger partial charge in [-0.25, -0.2) is 4.98 Å². The number of aliphatic hydroxyl groups excluding tert-OH is 1. The van der Waals surface area contributed by atoms with E-state index in [1.165, 1.54) is 18.0 Å². The number of nitrogens with zero attached hydrogens (tertiary/aromatic N) is 4. The molecule has 0 saturated carbocycles. The van der Waals surface area contributed by atoms with Gasteiger partial charge >= 0.3 is 0 Å². The van der Waals surface area contributed by atoms with E-state index in [0.717, 1.165) is 19.3 Å². The first kappa shape index (κ1) is 17.3. The van der Waals surface area contributed by atoms with E-state index in [0.29, 0.717) is 38.4 Å². The number of hydrogen-bond acceptors (Lipinski definition) is 6. The van der Waals surface area contributed by atoms with Gasteiger partial charge in [0.25, 0.3) is 5.91 Å². The predicted octanol–water partition coefficient (Wildman–Crippen LogP) is 0.0854. The molecular formula is C17H23N5O3. The maximum absolute atomic E-state index is 12.5. The number of amides is 2. The molecule has 134 valence electrons. The minimum Gasteiger partial charge on any atom is -0.389 e. The Morgan fingerprint density at radius 3 is 2.84 bits per heavy atom. The van der Waals surface area contributed by atoms with E-state index in [4.69, 9.17) is 5.73 Å². The molecule has 0 bridgehead atoms. The monoisotopic (exact) mass is 345 g/mol. The minimum atomic E-state index is -0.692. The molecule has 3 rings (SSSR count). The van der Waals surface area contributed by atoms with Gasteiger partial charge in [0, 0.05) is 32.6 Å². The molecule has 1 unspecified atom stereocenters. The van der Waals surface area contributed by atoms with E-state index in [1.807, 2.05) is 4.90 Å². The Morgan fingerprint density at radius 2 is 2.12 bits per heavy atom. The zero-order valence-corrected chi connectivity index (χ0v) is 14.1. The fourth-order valence-electron chi connectivity index (χ4n) is 3.26. The summed E-state index contributed by atoms with van der Waals surface area (Å²) in [6, 6.07) is 0. The summed E-state index contributed by atoms with van der Waals surface area (Å²) in [5.74, 6) is -0.125. The van der Waals surface area contributed by atoms with Crippen molar-refractivity contribution in [2.24, 2.45) is 5.73 Å². The lowest BCUT2D eigenvalue weighted by molar-refractivity contribution is -0.131. The third-order valence-electron chi connectivity index (χ3n) is 4.57. The molecule has 0 aromatic carbocycles. The molecule has 2 amide bonds. The summed E-state index contributed by atoms with van der Waals surface area (Å²) in [5.41, 5.74) is 6.52. The van der Waals surface area contributed by atoms with Gasteiger partial charge in [0.05, 0.1) is 18.5 Å². The van der Waals surface area contributed by atoms with Crippen molar-refractivity contribution in [1.29, 1.82) is 0 Å². The smallest absolute Gasteiger partial charge is 0.268 e. The Balaban J connectivity index is 1.67. The molecule has 2 heterocycles. The first-order chi connectivity index (χ1) is 12.0. The number of aliphatic hydroxyl groups is 1. The van der Waals surface area contributed by atoms with Crippen LogP contribution in [-0.2, 0) is 4.79 Å². The third-order valence-corrected chi connectivity index (χ3v) is 4.57. The number of β-amino-alcohol motifs (C(OH)–C–C–N with tert-alkyl or cyclic N) is 1. The molecule has 2 aliphatic rings. The second-order valence-corrected chi connectivity index (χ2v) is 6.50. The highest BCUT2D eigenvalue weighted by molar-refractivity contribution is 5.90. The van der Waals surface area contributed by atoms with Crippen LogP contribution in [0.15, 0.2) is 24.0 Å². The number of anilines is 1. The van der Waals surface area contributed by atoms with Crippen molar-refractivity contribution < 1.29 is 14.7 Å². The van der Waals surface area contributed by atoms with Gasteiger partial charge < -0.3 is 20.6 Å². The van der Waals surface area contributed by atoms with Crippen molar-refractivity contribution in [2.75, 3.05) is 31.1 Å². The fourth-order valence-corrected chi connectivity index (χ4v) is 3.26. The molecule has 1 fully saturated rings. The number of primary amides is 1. The van der Waals surface area contributed by atoms with Crippen molar-refractivity contribution >= 4 is 17.6 Å². The molecule has 8 nitrogen and oxygen atoms in total. The van der Waals surface area contributed by atoms with Crippen LogP contribution in [-0.4, -0.2) is 64.1 Å². The highest BCUT2D eigenvalue weighted by Crippen LogP contribution is 2.22. The van der Waals surface area contributed by atoms with Crippen LogP contribution in [0.3, 0.4) is 0 Å². The Kier molecular flexibility index (Phi) is 5.28. The molecule has 25 heavy (non-hydrogen) atoms. The number of allylic oxidation sites excluding steroid dienone is 1. The van der Waals surface area contributed by atoms with Crippen LogP contribution in [0.4, 0.5) is 5.82 Å². The van der Waals surface area contributed by atoms with E-state index in [-0.39, 0.29) is 11.6 Å². The summed E-state index contributed by atoms with van der Waals surface area (Å²) in [7, 11) is 0. The number of aromatic nitrogens is 2. The van der Waals surface area contributed by atoms with Gasteiger partial charge in [0.1, 0.15) is 11.5 Å². The zero-order valence-electron chi connectivity index (χ0n) is 14.1. The molecule has 1 aromatic rings. The van der Waals surface area contributed by atoms with E-state index in [9.17, 15) is 14.7 Å². The Morgan fingerprint density at radius 1 is 1.28 bits per heavy atom. The van der Waals surface area contributed by atoms with Crippen molar-refractivity contribution in [2.45, 2.75) is 31.8 Å². The highest BCUT2D eigenvalue weighted by atomic mass is 16.3. The first-order valence-corrected chi connectivity index (χ1v) is 8.53. The lowest BCUT2D eigenvalue weighted by Crippen LogP contribution is -2.37. The normalized spacial score (nSPS) is 21.0. The van der Waals surface area contributed by atoms with Gasteiger partial charge in [0.2, 0.25) is 5.91 Å². The SMILES string of the molecule is NC(=O)c1cncc(N2CCN(C(=O)CC3=CCCC3)CC(O)C2)n1. The van der Waals surface area contributed by atoms with Gasteiger partial charge in [-0.1, -0.05) is 11.6 Å². The van der Waals surface area contributed by atoms with Gasteiger partial charge in [-0.3, -0.25) is 14.6 Å². The summed E-state index contributed by atoms with van der Waals surface area (Å²) in [5, 5.41) is 10.3. The largest absolute Gasteiger partial charge is 0.389 e. The van der Waals surface area contributed by atoms with Crippen LogP contribution in [0.1, 0.15) is 36.2 Å². The van der Waals surface area contributed by atoms with Crippen LogP contribution in [0.25, 0.3) is 0 Å². The summed E-state index contributed by atoms with van der Waals surface area (Å²) in [6.07, 6.45) is 7.88. The second kappa shape index (κ2) is 7.60. The number of rotatable bonds is 4. The number of nitrogens with two attached hydrogens (primary N) is 1. The van der Waals surface area contributed by atoms with Gasteiger partial charge in [0.15, 0.2) is 0 Å². The van der Waals surface area contributed by atoms with E-state index < -0.39 is 12.0 Å². The maximum Gasteiger partial charge on any atom is 0.268 e. The molecule has 3 N–H and O–H groups in total. The Bertz CT molecular complexity index is 691. The summed E-state index contributed by atoms with van der Waals surface area (Å²) >= 11 is 0. The Labute approximate surface area is 146 Å². The molecule has 1 aromatic heterocycles. The predicted molar refractivity (Wildman–Crippen MR) is 91.9 cm³/mol. The molecule has 1 saturated heterocycles. The molecule has 0 radical (unpaired) electrons. The summed E-state index contributed by atoms with van der Waals surface area (Å²) in [4.78, 5) is 35.5. The molecule has 1 aliphatic heterocycles. The molecule has 0 spiro atoms. The molecular weight excluding hydrogens is 322 g/mol. The van der Waals surface area contributed by atoms with Crippen LogP contribution in [0, 0.1) is 0 Å². The van der Waals surface area contributed by atoms with Gasteiger partial charge in [-0.2, -0.15) is 0 Å². The number of carbonyl (C=O) groups excluding carboxylic acids is 2. The van der Waals surface area contributed by atoms with E-state index in [1.54, 1.807) is 4.90 Å². The standard InChI is InChI=1S/C17H23N5O3/c18-17(25)14-8-19-9-15(20-14)21-5-6-22(11-13(23)10-21)16(24)7-12-3-1-2-4-12/h3,8-9,13,23H,1-2,4-7,10-11H2,(H2,18,25). The van der Waals surface area contributed by atoms with Gasteiger partial charge in [-0.15, -0.1) is 0 Å². The van der Waals surface area contributed by atoms with Crippen LogP contribution in [0.2, 0.25) is 0 Å². The lowest BCUT2D eigenvalue weighted by atomic mass is 10.1. The molecule has 8 heteroatoms. The van der Waals surface area contributed by atoms with E-state index >= 15 is 0 Å². The van der Waals surface area contributed by atoms with Crippen molar-refractivity contribution in [3.05, 3.63) is 29.7 Å². The maximum atomic E-state index is 12.5. The highest BCUT2D eigenvalue weighted by Gasteiger charge is 2.26. The van der Waals surface area contributed by atoms with Crippen LogP contribution >= 0.6 is 0 Å². The average molecular weight is 345 g/mol. The first-order valence-electron chi connectivity index (χ1n) is 8.53. The number of hydrogen-bond donors (Lipinski definition) is 2.